The molecule has 0 radical (unpaired) electrons. The summed E-state index contributed by atoms with van der Waals surface area (Å²) in [6.07, 6.45) is 2.51. The maximum atomic E-state index is 9.10. The second-order valence-electron chi connectivity index (χ2n) is 3.37. The van der Waals surface area contributed by atoms with Gasteiger partial charge in [0.05, 0.1) is 5.69 Å². The Morgan fingerprint density at radius 2 is 1.82 bits per heavy atom. The smallest absolute Gasteiger partial charge is 0.414 e. The van der Waals surface area contributed by atoms with Gasteiger partial charge in [0.1, 0.15) is 0 Å². The maximum Gasteiger partial charge on any atom is 0.414 e. The zero-order valence-corrected chi connectivity index (χ0v) is 8.83. The molecule has 1 aliphatic carbocycles. The van der Waals surface area contributed by atoms with Gasteiger partial charge in [0, 0.05) is 5.92 Å². The van der Waals surface area contributed by atoms with E-state index in [1.807, 2.05) is 12.1 Å². The minimum absolute atomic E-state index is 0.620. The first-order valence-electron chi connectivity index (χ1n) is 4.81. The van der Waals surface area contributed by atoms with E-state index < -0.39 is 11.9 Å². The summed E-state index contributed by atoms with van der Waals surface area (Å²) in [5.41, 5.74) is 3.53. The van der Waals surface area contributed by atoms with Crippen molar-refractivity contribution in [1.29, 1.82) is 0 Å². The van der Waals surface area contributed by atoms with E-state index in [1.54, 1.807) is 0 Å². The Labute approximate surface area is 96.4 Å². The molecule has 1 saturated carbocycles. The van der Waals surface area contributed by atoms with E-state index in [0.29, 0.717) is 11.7 Å². The van der Waals surface area contributed by atoms with E-state index >= 15 is 0 Å². The number of carbonyl (C=O) groups is 2. The number of aromatic nitrogens is 2. The normalized spacial score (nSPS) is 13.2. The zero-order chi connectivity index (χ0) is 12.8. The van der Waals surface area contributed by atoms with Crippen LogP contribution < -0.4 is 11.3 Å². The van der Waals surface area contributed by atoms with Crippen LogP contribution in [0.25, 0.3) is 0 Å². The Morgan fingerprint density at radius 3 is 2.12 bits per heavy atom. The van der Waals surface area contributed by atoms with Crippen molar-refractivity contribution in [3.8, 4) is 0 Å². The summed E-state index contributed by atoms with van der Waals surface area (Å²) in [7, 11) is 0. The Balaban J connectivity index is 0.000000209. The van der Waals surface area contributed by atoms with Crippen LogP contribution in [0.2, 0.25) is 0 Å². The van der Waals surface area contributed by atoms with Crippen molar-refractivity contribution in [1.82, 2.24) is 10.2 Å². The Bertz CT molecular complexity index is 390. The van der Waals surface area contributed by atoms with Gasteiger partial charge < -0.3 is 15.6 Å². The van der Waals surface area contributed by atoms with Gasteiger partial charge in [-0.05, 0) is 25.0 Å². The molecule has 8 nitrogen and oxygen atoms in total. The predicted molar refractivity (Wildman–Crippen MR) is 57.1 cm³/mol. The average Bonchev–Trinajstić information content (AvgIpc) is 3.14. The van der Waals surface area contributed by atoms with Gasteiger partial charge in [0.25, 0.3) is 0 Å². The van der Waals surface area contributed by atoms with Crippen molar-refractivity contribution >= 4 is 17.8 Å². The molecule has 0 saturated heterocycles. The predicted octanol–water partition coefficient (Wildman–Crippen LogP) is -0.205. The van der Waals surface area contributed by atoms with Gasteiger partial charge >= 0.3 is 11.9 Å². The van der Waals surface area contributed by atoms with E-state index in [0.717, 1.165) is 5.69 Å². The number of carboxylic acid groups (broad SMARTS) is 2. The van der Waals surface area contributed by atoms with Crippen molar-refractivity contribution in [2.45, 2.75) is 18.8 Å². The number of nitrogens with two attached hydrogens (primary N) is 1. The lowest BCUT2D eigenvalue weighted by molar-refractivity contribution is -0.159. The molecule has 0 amide bonds. The molecule has 1 aliphatic rings. The molecule has 5 N–H and O–H groups in total. The number of hydrogen-bond acceptors (Lipinski definition) is 6. The van der Waals surface area contributed by atoms with Crippen LogP contribution >= 0.6 is 0 Å². The van der Waals surface area contributed by atoms with Crippen LogP contribution in [0, 0.1) is 0 Å². The maximum absolute atomic E-state index is 9.10. The summed E-state index contributed by atoms with van der Waals surface area (Å²) in [4.78, 5) is 18.2. The molecule has 0 aromatic carbocycles. The van der Waals surface area contributed by atoms with Crippen LogP contribution in [-0.4, -0.2) is 32.3 Å². The van der Waals surface area contributed by atoms with Crippen LogP contribution in [0.4, 0.5) is 5.82 Å². The topological polar surface area (TPSA) is 138 Å². The third kappa shape index (κ3) is 4.43. The second kappa shape index (κ2) is 5.75. The molecule has 0 aliphatic heterocycles. The summed E-state index contributed by atoms with van der Waals surface area (Å²) in [6.45, 7) is 0. The molecule has 1 aromatic rings. The number of carboxylic acids is 2. The van der Waals surface area contributed by atoms with Crippen molar-refractivity contribution in [2.24, 2.45) is 5.84 Å². The average molecular weight is 240 g/mol. The van der Waals surface area contributed by atoms with E-state index in [1.165, 1.54) is 12.8 Å². The fourth-order valence-electron chi connectivity index (χ4n) is 1.02. The molecular formula is C9H12N4O4. The van der Waals surface area contributed by atoms with Gasteiger partial charge in [-0.25, -0.2) is 15.4 Å². The number of hydrogen-bond donors (Lipinski definition) is 4. The first-order valence-corrected chi connectivity index (χ1v) is 4.81. The third-order valence-electron chi connectivity index (χ3n) is 2.01. The number of nitrogen functional groups attached to an aromatic ring is 1. The largest absolute Gasteiger partial charge is 0.473 e. The molecule has 2 rings (SSSR count). The van der Waals surface area contributed by atoms with Gasteiger partial charge in [0.15, 0.2) is 5.82 Å². The third-order valence-corrected chi connectivity index (χ3v) is 2.01. The quantitative estimate of drug-likeness (QED) is 0.316. The molecular weight excluding hydrogens is 228 g/mol. The molecule has 0 spiro atoms. The van der Waals surface area contributed by atoms with E-state index in [9.17, 15) is 0 Å². The molecule has 1 heterocycles. The first kappa shape index (κ1) is 12.8. The highest BCUT2D eigenvalue weighted by atomic mass is 16.4. The number of rotatable bonds is 2. The van der Waals surface area contributed by atoms with Crippen LogP contribution in [-0.2, 0) is 9.59 Å². The molecule has 1 fully saturated rings. The van der Waals surface area contributed by atoms with Crippen molar-refractivity contribution < 1.29 is 19.8 Å². The van der Waals surface area contributed by atoms with Crippen molar-refractivity contribution in [2.75, 3.05) is 5.43 Å². The van der Waals surface area contributed by atoms with E-state index in [-0.39, 0.29) is 0 Å². The van der Waals surface area contributed by atoms with Crippen molar-refractivity contribution in [3.63, 3.8) is 0 Å². The monoisotopic (exact) mass is 240 g/mol. The molecule has 0 atom stereocenters. The molecule has 0 unspecified atom stereocenters. The van der Waals surface area contributed by atoms with Crippen LogP contribution in [0.1, 0.15) is 24.5 Å². The highest BCUT2D eigenvalue weighted by molar-refractivity contribution is 6.27. The van der Waals surface area contributed by atoms with Gasteiger partial charge in [-0.3, -0.25) is 0 Å². The zero-order valence-electron chi connectivity index (χ0n) is 8.83. The Hall–Kier alpha value is -2.22. The van der Waals surface area contributed by atoms with Crippen molar-refractivity contribution in [3.05, 3.63) is 17.8 Å². The molecule has 92 valence electrons. The number of nitrogens with zero attached hydrogens (tertiary/aromatic N) is 2. The summed E-state index contributed by atoms with van der Waals surface area (Å²) in [5.74, 6) is 2.77. The number of anilines is 1. The fourth-order valence-corrected chi connectivity index (χ4v) is 1.02. The standard InChI is InChI=1S/C7H10N4.C2H2O4/c8-9-7-4-3-6(10-11-7)5-1-2-5;3-1(4)2(5)6/h3-5H,1-2,8H2,(H,9,11);(H,3,4)(H,5,6). The van der Waals surface area contributed by atoms with E-state index in [2.05, 4.69) is 15.6 Å². The summed E-state index contributed by atoms with van der Waals surface area (Å²) in [5, 5.41) is 22.7. The molecule has 17 heavy (non-hydrogen) atoms. The van der Waals surface area contributed by atoms with Gasteiger partial charge in [-0.15, -0.1) is 5.10 Å². The summed E-state index contributed by atoms with van der Waals surface area (Å²) in [6, 6.07) is 3.82. The summed E-state index contributed by atoms with van der Waals surface area (Å²) >= 11 is 0. The SMILES string of the molecule is NNc1ccc(C2CC2)nn1.O=C(O)C(=O)O. The van der Waals surface area contributed by atoms with Crippen LogP contribution in [0.5, 0.6) is 0 Å². The lowest BCUT2D eigenvalue weighted by Gasteiger charge is -1.97. The Kier molecular flexibility index (Phi) is 4.35. The molecule has 1 aromatic heterocycles. The van der Waals surface area contributed by atoms with Crippen LogP contribution in [0.15, 0.2) is 12.1 Å². The minimum Gasteiger partial charge on any atom is -0.473 e. The highest BCUT2D eigenvalue weighted by Crippen LogP contribution is 2.38. The van der Waals surface area contributed by atoms with Gasteiger partial charge in [-0.2, -0.15) is 5.10 Å². The molecule has 0 bridgehead atoms. The van der Waals surface area contributed by atoms with Gasteiger partial charge in [0.2, 0.25) is 0 Å². The highest BCUT2D eigenvalue weighted by Gasteiger charge is 2.24. The molecule has 8 heteroatoms. The minimum atomic E-state index is -1.82. The second-order valence-corrected chi connectivity index (χ2v) is 3.37. The number of aliphatic carboxylic acids is 2. The number of nitrogens with one attached hydrogen (secondary N) is 1. The summed E-state index contributed by atoms with van der Waals surface area (Å²) < 4.78 is 0. The Morgan fingerprint density at radius 1 is 1.24 bits per heavy atom. The van der Waals surface area contributed by atoms with Gasteiger partial charge in [-0.1, -0.05) is 0 Å². The number of hydrazine groups is 1. The van der Waals surface area contributed by atoms with E-state index in [4.69, 9.17) is 25.6 Å². The van der Waals surface area contributed by atoms with Crippen LogP contribution in [0.3, 0.4) is 0 Å². The first-order chi connectivity index (χ1) is 8.04. The fraction of sp³-hybridized carbons (Fsp3) is 0.333. The lowest BCUT2D eigenvalue weighted by atomic mass is 10.3. The lowest BCUT2D eigenvalue weighted by Crippen LogP contribution is -2.09.